The molecule has 0 aliphatic heterocycles. The standard InChI is InChI=1S/C22H30N4O.HI/c1-5-24-21(27)20-11-7-9-18(13-20)15-26-22(23-4)25-14-17(3)19-10-6-8-16(2)12-19;/h6-13,17H,5,14-15H2,1-4H3,(H,24,27)(H2,23,25,26);1H. The van der Waals surface area contributed by atoms with Crippen LogP contribution in [0.5, 0.6) is 0 Å². The van der Waals surface area contributed by atoms with E-state index in [1.807, 2.05) is 31.2 Å². The van der Waals surface area contributed by atoms with E-state index < -0.39 is 0 Å². The zero-order chi connectivity index (χ0) is 19.6. The molecule has 152 valence electrons. The van der Waals surface area contributed by atoms with Gasteiger partial charge in [-0.1, -0.05) is 48.9 Å². The van der Waals surface area contributed by atoms with Crippen LogP contribution in [0.4, 0.5) is 0 Å². The van der Waals surface area contributed by atoms with Gasteiger partial charge in [-0.2, -0.15) is 0 Å². The van der Waals surface area contributed by atoms with Gasteiger partial charge in [0.1, 0.15) is 0 Å². The normalized spacial score (nSPS) is 11.9. The van der Waals surface area contributed by atoms with E-state index in [2.05, 4.69) is 59.1 Å². The van der Waals surface area contributed by atoms with E-state index in [4.69, 9.17) is 0 Å². The van der Waals surface area contributed by atoms with Crippen LogP contribution in [0.2, 0.25) is 0 Å². The number of carbonyl (C=O) groups is 1. The van der Waals surface area contributed by atoms with Crippen LogP contribution in [0.3, 0.4) is 0 Å². The molecule has 1 unspecified atom stereocenters. The third-order valence-electron chi connectivity index (χ3n) is 4.40. The fraction of sp³-hybridized carbons (Fsp3) is 0.364. The summed E-state index contributed by atoms with van der Waals surface area (Å²) in [4.78, 5) is 16.2. The van der Waals surface area contributed by atoms with Crippen LogP contribution in [-0.4, -0.2) is 32.0 Å². The van der Waals surface area contributed by atoms with E-state index in [0.717, 1.165) is 18.1 Å². The van der Waals surface area contributed by atoms with Crippen molar-refractivity contribution in [3.8, 4) is 0 Å². The van der Waals surface area contributed by atoms with Crippen LogP contribution in [0.25, 0.3) is 0 Å². The Balaban J connectivity index is 0.00000392. The van der Waals surface area contributed by atoms with Crippen molar-refractivity contribution in [3.05, 3.63) is 70.8 Å². The maximum absolute atomic E-state index is 12.0. The van der Waals surface area contributed by atoms with Crippen molar-refractivity contribution in [2.45, 2.75) is 33.2 Å². The smallest absolute Gasteiger partial charge is 0.251 e. The third-order valence-corrected chi connectivity index (χ3v) is 4.40. The zero-order valence-corrected chi connectivity index (χ0v) is 19.4. The molecule has 0 saturated carbocycles. The van der Waals surface area contributed by atoms with Crippen LogP contribution in [0.1, 0.15) is 46.8 Å². The lowest BCUT2D eigenvalue weighted by Crippen LogP contribution is -2.38. The number of amides is 1. The average Bonchev–Trinajstić information content (AvgIpc) is 2.68. The van der Waals surface area contributed by atoms with Gasteiger partial charge in [0, 0.05) is 32.2 Å². The molecule has 0 spiro atoms. The Bertz CT molecular complexity index is 792. The first-order valence-corrected chi connectivity index (χ1v) is 9.41. The first kappa shape index (κ1) is 23.9. The van der Waals surface area contributed by atoms with Crippen LogP contribution in [0, 0.1) is 6.92 Å². The number of carbonyl (C=O) groups excluding carboxylic acids is 1. The molecule has 3 N–H and O–H groups in total. The molecule has 0 radical (unpaired) electrons. The topological polar surface area (TPSA) is 65.5 Å². The molecule has 0 aromatic heterocycles. The summed E-state index contributed by atoms with van der Waals surface area (Å²) in [6.07, 6.45) is 0. The number of rotatable bonds is 7. The lowest BCUT2D eigenvalue weighted by molar-refractivity contribution is 0.0955. The Morgan fingerprint density at radius 3 is 2.50 bits per heavy atom. The molecule has 1 atom stereocenters. The first-order chi connectivity index (χ1) is 13.0. The van der Waals surface area contributed by atoms with Crippen molar-refractivity contribution in [1.82, 2.24) is 16.0 Å². The fourth-order valence-electron chi connectivity index (χ4n) is 2.84. The van der Waals surface area contributed by atoms with Gasteiger partial charge in [0.2, 0.25) is 0 Å². The second-order valence-electron chi connectivity index (χ2n) is 6.68. The minimum Gasteiger partial charge on any atom is -0.356 e. The SMILES string of the molecule is CCNC(=O)c1cccc(CNC(=NC)NCC(C)c2cccc(C)c2)c1.I. The monoisotopic (exact) mass is 494 g/mol. The minimum atomic E-state index is -0.0474. The van der Waals surface area contributed by atoms with Gasteiger partial charge in [0.25, 0.3) is 5.91 Å². The summed E-state index contributed by atoms with van der Waals surface area (Å²) in [7, 11) is 1.76. The molecule has 2 aromatic carbocycles. The number of hydrogen-bond donors (Lipinski definition) is 3. The molecule has 0 fully saturated rings. The van der Waals surface area contributed by atoms with Gasteiger partial charge < -0.3 is 16.0 Å². The molecule has 6 heteroatoms. The molecule has 5 nitrogen and oxygen atoms in total. The summed E-state index contributed by atoms with van der Waals surface area (Å²) < 4.78 is 0. The summed E-state index contributed by atoms with van der Waals surface area (Å²) in [6, 6.07) is 16.2. The van der Waals surface area contributed by atoms with E-state index >= 15 is 0 Å². The van der Waals surface area contributed by atoms with Gasteiger partial charge in [-0.05, 0) is 43.0 Å². The molecule has 0 saturated heterocycles. The van der Waals surface area contributed by atoms with Crippen molar-refractivity contribution >= 4 is 35.8 Å². The maximum Gasteiger partial charge on any atom is 0.251 e. The van der Waals surface area contributed by atoms with Crippen LogP contribution in [0.15, 0.2) is 53.5 Å². The van der Waals surface area contributed by atoms with Crippen LogP contribution >= 0.6 is 24.0 Å². The molecule has 2 aromatic rings. The lowest BCUT2D eigenvalue weighted by Gasteiger charge is -2.17. The van der Waals surface area contributed by atoms with Crippen molar-refractivity contribution in [3.63, 3.8) is 0 Å². The van der Waals surface area contributed by atoms with Crippen molar-refractivity contribution in [1.29, 1.82) is 0 Å². The number of guanidine groups is 1. The summed E-state index contributed by atoms with van der Waals surface area (Å²) in [5.74, 6) is 1.08. The first-order valence-electron chi connectivity index (χ1n) is 9.41. The van der Waals surface area contributed by atoms with Crippen molar-refractivity contribution in [2.24, 2.45) is 4.99 Å². The Morgan fingerprint density at radius 1 is 1.07 bits per heavy atom. The van der Waals surface area contributed by atoms with Gasteiger partial charge in [-0.25, -0.2) is 0 Å². The highest BCUT2D eigenvalue weighted by Gasteiger charge is 2.08. The molecule has 2 rings (SSSR count). The average molecular weight is 494 g/mol. The molecule has 1 amide bonds. The molecular weight excluding hydrogens is 463 g/mol. The molecule has 0 aliphatic rings. The number of aliphatic imine (C=N–C) groups is 1. The van der Waals surface area contributed by atoms with E-state index in [9.17, 15) is 4.79 Å². The minimum absolute atomic E-state index is 0. The Kier molecular flexibility index (Phi) is 10.6. The molecule has 0 aliphatic carbocycles. The Labute approximate surface area is 185 Å². The van der Waals surface area contributed by atoms with Crippen LogP contribution < -0.4 is 16.0 Å². The zero-order valence-electron chi connectivity index (χ0n) is 17.1. The second kappa shape index (κ2) is 12.4. The quantitative estimate of drug-likeness (QED) is 0.312. The predicted molar refractivity (Wildman–Crippen MR) is 128 cm³/mol. The largest absolute Gasteiger partial charge is 0.356 e. The number of halogens is 1. The van der Waals surface area contributed by atoms with Gasteiger partial charge >= 0.3 is 0 Å². The molecule has 0 heterocycles. The van der Waals surface area contributed by atoms with Gasteiger partial charge in [-0.15, -0.1) is 24.0 Å². The Hall–Kier alpha value is -2.09. The lowest BCUT2D eigenvalue weighted by atomic mass is 9.99. The highest BCUT2D eigenvalue weighted by Crippen LogP contribution is 2.15. The van der Waals surface area contributed by atoms with E-state index in [1.165, 1.54) is 11.1 Å². The summed E-state index contributed by atoms with van der Waals surface area (Å²) >= 11 is 0. The van der Waals surface area contributed by atoms with Crippen molar-refractivity contribution < 1.29 is 4.79 Å². The number of benzene rings is 2. The fourth-order valence-corrected chi connectivity index (χ4v) is 2.84. The summed E-state index contributed by atoms with van der Waals surface area (Å²) in [5, 5.41) is 9.51. The molecule has 0 bridgehead atoms. The molecule has 28 heavy (non-hydrogen) atoms. The number of aryl methyl sites for hydroxylation is 1. The number of nitrogens with one attached hydrogen (secondary N) is 3. The van der Waals surface area contributed by atoms with Gasteiger partial charge in [-0.3, -0.25) is 9.79 Å². The van der Waals surface area contributed by atoms with E-state index in [1.54, 1.807) is 7.05 Å². The third kappa shape index (κ3) is 7.50. The highest BCUT2D eigenvalue weighted by atomic mass is 127. The highest BCUT2D eigenvalue weighted by molar-refractivity contribution is 14.0. The predicted octanol–water partition coefficient (Wildman–Crippen LogP) is 3.83. The van der Waals surface area contributed by atoms with E-state index in [0.29, 0.717) is 24.6 Å². The van der Waals surface area contributed by atoms with Crippen LogP contribution in [-0.2, 0) is 6.54 Å². The van der Waals surface area contributed by atoms with Crippen molar-refractivity contribution in [2.75, 3.05) is 20.1 Å². The van der Waals surface area contributed by atoms with E-state index in [-0.39, 0.29) is 29.9 Å². The Morgan fingerprint density at radius 2 is 1.82 bits per heavy atom. The van der Waals surface area contributed by atoms with Gasteiger partial charge in [0.05, 0.1) is 0 Å². The maximum atomic E-state index is 12.0. The summed E-state index contributed by atoms with van der Waals surface area (Å²) in [5.41, 5.74) is 4.29. The number of nitrogens with zero attached hydrogens (tertiary/aromatic N) is 1. The van der Waals surface area contributed by atoms with Gasteiger partial charge in [0.15, 0.2) is 5.96 Å². The number of hydrogen-bond acceptors (Lipinski definition) is 2. The second-order valence-corrected chi connectivity index (χ2v) is 6.68. The summed E-state index contributed by atoms with van der Waals surface area (Å²) in [6.45, 7) is 8.24. The molecular formula is C22H31IN4O.